The summed E-state index contributed by atoms with van der Waals surface area (Å²) >= 11 is 0. The second-order valence-corrected chi connectivity index (χ2v) is 2.77. The monoisotopic (exact) mass is 166 g/mol. The Bertz CT molecular complexity index is 249. The molecule has 0 saturated heterocycles. The molecule has 4 nitrogen and oxygen atoms in total. The molecule has 12 heavy (non-hydrogen) atoms. The highest BCUT2D eigenvalue weighted by atomic mass is 15.0. The lowest BCUT2D eigenvalue weighted by molar-refractivity contribution is 0.794. The molecule has 0 saturated carbocycles. The average molecular weight is 166 g/mol. The van der Waals surface area contributed by atoms with E-state index in [1.54, 1.807) is 12.4 Å². The standard InChI is InChI=1S/C8H14N4/c1-6(5-9)12-8-7(2)10-3-4-11-8/h3-4,6H,5,9H2,1-2H3,(H,11,12). The summed E-state index contributed by atoms with van der Waals surface area (Å²) in [6.07, 6.45) is 3.34. The van der Waals surface area contributed by atoms with Crippen molar-refractivity contribution in [3.05, 3.63) is 18.1 Å². The number of anilines is 1. The van der Waals surface area contributed by atoms with Crippen molar-refractivity contribution >= 4 is 5.82 Å². The van der Waals surface area contributed by atoms with Crippen LogP contribution in [0.15, 0.2) is 12.4 Å². The zero-order valence-corrected chi connectivity index (χ0v) is 7.41. The number of rotatable bonds is 3. The molecular weight excluding hydrogens is 152 g/mol. The Kier molecular flexibility index (Phi) is 2.99. The highest BCUT2D eigenvalue weighted by Crippen LogP contribution is 2.06. The van der Waals surface area contributed by atoms with Gasteiger partial charge < -0.3 is 11.1 Å². The van der Waals surface area contributed by atoms with Crippen molar-refractivity contribution in [3.63, 3.8) is 0 Å². The summed E-state index contributed by atoms with van der Waals surface area (Å²) in [4.78, 5) is 8.24. The third kappa shape index (κ3) is 2.17. The first-order valence-electron chi connectivity index (χ1n) is 3.98. The molecule has 0 aromatic carbocycles. The molecule has 0 bridgehead atoms. The van der Waals surface area contributed by atoms with Gasteiger partial charge in [-0.25, -0.2) is 4.98 Å². The van der Waals surface area contributed by atoms with Crippen molar-refractivity contribution in [2.24, 2.45) is 5.73 Å². The molecule has 1 aromatic rings. The molecule has 0 aliphatic rings. The Morgan fingerprint density at radius 2 is 2.17 bits per heavy atom. The van der Waals surface area contributed by atoms with E-state index >= 15 is 0 Å². The predicted molar refractivity (Wildman–Crippen MR) is 48.9 cm³/mol. The van der Waals surface area contributed by atoms with E-state index < -0.39 is 0 Å². The summed E-state index contributed by atoms with van der Waals surface area (Å²) < 4.78 is 0. The van der Waals surface area contributed by atoms with E-state index in [0.29, 0.717) is 6.54 Å². The quantitative estimate of drug-likeness (QED) is 0.688. The van der Waals surface area contributed by atoms with Gasteiger partial charge in [-0.05, 0) is 13.8 Å². The fourth-order valence-electron chi connectivity index (χ4n) is 0.842. The van der Waals surface area contributed by atoms with Gasteiger partial charge in [0.25, 0.3) is 0 Å². The molecule has 0 amide bonds. The zero-order valence-electron chi connectivity index (χ0n) is 7.41. The van der Waals surface area contributed by atoms with Crippen LogP contribution >= 0.6 is 0 Å². The lowest BCUT2D eigenvalue weighted by atomic mass is 10.3. The van der Waals surface area contributed by atoms with Crippen LogP contribution in [0.4, 0.5) is 5.82 Å². The van der Waals surface area contributed by atoms with Crippen LogP contribution < -0.4 is 11.1 Å². The van der Waals surface area contributed by atoms with Crippen LogP contribution in [0.2, 0.25) is 0 Å². The molecule has 0 aliphatic heterocycles. The van der Waals surface area contributed by atoms with Crippen molar-refractivity contribution in [3.8, 4) is 0 Å². The number of nitrogens with zero attached hydrogens (tertiary/aromatic N) is 2. The smallest absolute Gasteiger partial charge is 0.147 e. The number of nitrogens with two attached hydrogens (primary N) is 1. The summed E-state index contributed by atoms with van der Waals surface area (Å²) in [7, 11) is 0. The van der Waals surface area contributed by atoms with Gasteiger partial charge in [-0.1, -0.05) is 0 Å². The predicted octanol–water partition coefficient (Wildman–Crippen LogP) is 0.544. The van der Waals surface area contributed by atoms with E-state index in [2.05, 4.69) is 15.3 Å². The van der Waals surface area contributed by atoms with E-state index in [1.165, 1.54) is 0 Å². The first-order chi connectivity index (χ1) is 5.74. The van der Waals surface area contributed by atoms with Crippen LogP contribution in [0.5, 0.6) is 0 Å². The molecule has 0 spiro atoms. The van der Waals surface area contributed by atoms with Crippen molar-refractivity contribution in [2.75, 3.05) is 11.9 Å². The lowest BCUT2D eigenvalue weighted by Crippen LogP contribution is -2.26. The molecule has 66 valence electrons. The minimum Gasteiger partial charge on any atom is -0.365 e. The lowest BCUT2D eigenvalue weighted by Gasteiger charge is -2.12. The van der Waals surface area contributed by atoms with Gasteiger partial charge in [-0.2, -0.15) is 0 Å². The van der Waals surface area contributed by atoms with Crippen LogP contribution in [0.25, 0.3) is 0 Å². The summed E-state index contributed by atoms with van der Waals surface area (Å²) in [5.74, 6) is 0.815. The maximum atomic E-state index is 5.46. The first kappa shape index (κ1) is 8.93. The van der Waals surface area contributed by atoms with Crippen LogP contribution in [0, 0.1) is 6.92 Å². The molecule has 1 aromatic heterocycles. The molecule has 1 heterocycles. The van der Waals surface area contributed by atoms with Gasteiger partial charge in [-0.3, -0.25) is 4.98 Å². The summed E-state index contributed by atoms with van der Waals surface area (Å²) in [6.45, 7) is 4.52. The van der Waals surface area contributed by atoms with Gasteiger partial charge >= 0.3 is 0 Å². The Hall–Kier alpha value is -1.16. The highest BCUT2D eigenvalue weighted by molar-refractivity contribution is 5.39. The van der Waals surface area contributed by atoms with E-state index in [9.17, 15) is 0 Å². The van der Waals surface area contributed by atoms with Crippen molar-refractivity contribution in [1.82, 2.24) is 9.97 Å². The van der Waals surface area contributed by atoms with Crippen LogP contribution in [0.1, 0.15) is 12.6 Å². The first-order valence-corrected chi connectivity index (χ1v) is 3.98. The minimum atomic E-state index is 0.236. The molecule has 0 radical (unpaired) electrons. The van der Waals surface area contributed by atoms with E-state index in [4.69, 9.17) is 5.73 Å². The van der Waals surface area contributed by atoms with Gasteiger partial charge in [0.15, 0.2) is 0 Å². The zero-order chi connectivity index (χ0) is 8.97. The summed E-state index contributed by atoms with van der Waals surface area (Å²) in [5, 5.41) is 3.16. The third-order valence-electron chi connectivity index (χ3n) is 1.62. The Morgan fingerprint density at radius 3 is 2.75 bits per heavy atom. The highest BCUT2D eigenvalue weighted by Gasteiger charge is 2.02. The van der Waals surface area contributed by atoms with Crippen molar-refractivity contribution in [1.29, 1.82) is 0 Å². The number of aromatic nitrogens is 2. The van der Waals surface area contributed by atoms with Crippen molar-refractivity contribution < 1.29 is 0 Å². The normalized spacial score (nSPS) is 12.6. The van der Waals surface area contributed by atoms with Crippen LogP contribution in [0.3, 0.4) is 0 Å². The van der Waals surface area contributed by atoms with Gasteiger partial charge in [0.1, 0.15) is 5.82 Å². The Balaban J connectivity index is 2.69. The molecule has 0 aliphatic carbocycles. The SMILES string of the molecule is Cc1nccnc1NC(C)CN. The second kappa shape index (κ2) is 4.01. The maximum absolute atomic E-state index is 5.46. The third-order valence-corrected chi connectivity index (χ3v) is 1.62. The average Bonchev–Trinajstić information content (AvgIpc) is 2.09. The number of hydrogen-bond acceptors (Lipinski definition) is 4. The summed E-state index contributed by atoms with van der Waals surface area (Å²) in [5.41, 5.74) is 6.36. The van der Waals surface area contributed by atoms with Gasteiger partial charge in [0, 0.05) is 25.0 Å². The molecule has 0 fully saturated rings. The minimum absolute atomic E-state index is 0.236. The van der Waals surface area contributed by atoms with Crippen LogP contribution in [-0.4, -0.2) is 22.6 Å². The number of aryl methyl sites for hydroxylation is 1. The Labute approximate surface area is 72.2 Å². The summed E-state index contributed by atoms with van der Waals surface area (Å²) in [6, 6.07) is 0.236. The van der Waals surface area contributed by atoms with Gasteiger partial charge in [-0.15, -0.1) is 0 Å². The van der Waals surface area contributed by atoms with Gasteiger partial charge in [0.05, 0.1) is 5.69 Å². The fourth-order valence-corrected chi connectivity index (χ4v) is 0.842. The van der Waals surface area contributed by atoms with E-state index in [0.717, 1.165) is 11.5 Å². The van der Waals surface area contributed by atoms with Crippen molar-refractivity contribution in [2.45, 2.75) is 19.9 Å². The topological polar surface area (TPSA) is 63.8 Å². The molecule has 4 heteroatoms. The van der Waals surface area contributed by atoms with Gasteiger partial charge in [0.2, 0.25) is 0 Å². The maximum Gasteiger partial charge on any atom is 0.147 e. The van der Waals surface area contributed by atoms with E-state index in [1.807, 2.05) is 13.8 Å². The molecule has 1 rings (SSSR count). The Morgan fingerprint density at radius 1 is 1.50 bits per heavy atom. The molecular formula is C8H14N4. The number of hydrogen-bond donors (Lipinski definition) is 2. The molecule has 3 N–H and O–H groups in total. The second-order valence-electron chi connectivity index (χ2n) is 2.77. The number of nitrogens with one attached hydrogen (secondary N) is 1. The molecule has 1 atom stereocenters. The largest absolute Gasteiger partial charge is 0.365 e. The fraction of sp³-hybridized carbons (Fsp3) is 0.500. The van der Waals surface area contributed by atoms with Crippen LogP contribution in [-0.2, 0) is 0 Å². The van der Waals surface area contributed by atoms with E-state index in [-0.39, 0.29) is 6.04 Å². The molecule has 1 unspecified atom stereocenters.